The molecule has 1 N–H and O–H groups in total. The minimum Gasteiger partial charge on any atom is -0.313 e. The number of likely N-dealkylation sites (N-methyl/N-ethyl adjacent to an activating group) is 1. The smallest absolute Gasteiger partial charge is 0.0451 e. The van der Waals surface area contributed by atoms with Gasteiger partial charge in [-0.15, -0.1) is 0 Å². The van der Waals surface area contributed by atoms with E-state index >= 15 is 0 Å². The Kier molecular flexibility index (Phi) is 4.22. The van der Waals surface area contributed by atoms with E-state index in [4.69, 9.17) is 11.6 Å². The number of benzene rings is 1. The lowest BCUT2D eigenvalue weighted by molar-refractivity contribution is 0.321. The first kappa shape index (κ1) is 11.9. The number of nitrogens with zero attached hydrogens (tertiary/aromatic N) is 1. The Morgan fingerprint density at radius 1 is 1.44 bits per heavy atom. The summed E-state index contributed by atoms with van der Waals surface area (Å²) in [5, 5.41) is 4.38. The van der Waals surface area contributed by atoms with Gasteiger partial charge in [-0.05, 0) is 24.6 Å². The van der Waals surface area contributed by atoms with Crippen LogP contribution in [0.3, 0.4) is 0 Å². The summed E-state index contributed by atoms with van der Waals surface area (Å²) in [6.07, 6.45) is 1.25. The average molecular weight is 239 g/mol. The second kappa shape index (κ2) is 5.67. The zero-order chi connectivity index (χ0) is 11.4. The van der Waals surface area contributed by atoms with Crippen molar-refractivity contribution >= 4 is 11.6 Å². The second-order valence-corrected chi connectivity index (χ2v) is 4.78. The number of halogens is 1. The minimum absolute atomic E-state index is 0.660. The van der Waals surface area contributed by atoms with Crippen LogP contribution in [0.2, 0.25) is 5.02 Å². The Bertz CT molecular complexity index is 340. The highest BCUT2D eigenvalue weighted by Crippen LogP contribution is 2.19. The minimum atomic E-state index is 0.660. The van der Waals surface area contributed by atoms with E-state index in [1.807, 2.05) is 12.1 Å². The Morgan fingerprint density at radius 3 is 3.00 bits per heavy atom. The maximum absolute atomic E-state index is 6.16. The van der Waals surface area contributed by atoms with Crippen LogP contribution in [0, 0.1) is 0 Å². The molecule has 1 fully saturated rings. The van der Waals surface area contributed by atoms with Crippen LogP contribution in [-0.4, -0.2) is 30.6 Å². The van der Waals surface area contributed by atoms with Gasteiger partial charge in [-0.1, -0.05) is 36.7 Å². The van der Waals surface area contributed by atoms with Gasteiger partial charge in [-0.25, -0.2) is 0 Å². The van der Waals surface area contributed by atoms with E-state index in [1.54, 1.807) is 0 Å². The van der Waals surface area contributed by atoms with Crippen LogP contribution in [-0.2, 0) is 6.54 Å². The fourth-order valence-electron chi connectivity index (χ4n) is 2.30. The van der Waals surface area contributed by atoms with Crippen molar-refractivity contribution in [2.45, 2.75) is 25.9 Å². The molecule has 0 aliphatic carbocycles. The van der Waals surface area contributed by atoms with E-state index in [2.05, 4.69) is 29.3 Å². The van der Waals surface area contributed by atoms with Gasteiger partial charge in [0.2, 0.25) is 0 Å². The van der Waals surface area contributed by atoms with E-state index < -0.39 is 0 Å². The van der Waals surface area contributed by atoms with Crippen LogP contribution in [0.15, 0.2) is 24.3 Å². The van der Waals surface area contributed by atoms with Crippen LogP contribution in [0.1, 0.15) is 18.9 Å². The van der Waals surface area contributed by atoms with Crippen molar-refractivity contribution in [2.75, 3.05) is 19.6 Å². The van der Waals surface area contributed by atoms with E-state index in [-0.39, 0.29) is 0 Å². The molecule has 0 spiro atoms. The van der Waals surface area contributed by atoms with Crippen LogP contribution < -0.4 is 5.32 Å². The SMILES string of the molecule is CCNC1CCN(Cc2ccccc2Cl)C1. The zero-order valence-corrected chi connectivity index (χ0v) is 10.5. The average Bonchev–Trinajstić information content (AvgIpc) is 2.70. The Balaban J connectivity index is 1.90. The fraction of sp³-hybridized carbons (Fsp3) is 0.538. The van der Waals surface area contributed by atoms with Gasteiger partial charge >= 0.3 is 0 Å². The van der Waals surface area contributed by atoms with Gasteiger partial charge in [0.05, 0.1) is 0 Å². The summed E-state index contributed by atoms with van der Waals surface area (Å²) in [5.41, 5.74) is 1.24. The van der Waals surface area contributed by atoms with Gasteiger partial charge < -0.3 is 5.32 Å². The van der Waals surface area contributed by atoms with Crippen molar-refractivity contribution < 1.29 is 0 Å². The molecule has 3 heteroatoms. The molecule has 88 valence electrons. The monoisotopic (exact) mass is 238 g/mol. The lowest BCUT2D eigenvalue weighted by Gasteiger charge is -2.17. The summed E-state index contributed by atoms with van der Waals surface area (Å²) in [5.74, 6) is 0. The second-order valence-electron chi connectivity index (χ2n) is 4.37. The molecule has 0 bridgehead atoms. The van der Waals surface area contributed by atoms with Gasteiger partial charge in [0.25, 0.3) is 0 Å². The number of nitrogens with one attached hydrogen (secondary N) is 1. The predicted molar refractivity (Wildman–Crippen MR) is 68.8 cm³/mol. The quantitative estimate of drug-likeness (QED) is 0.867. The molecular weight excluding hydrogens is 220 g/mol. The zero-order valence-electron chi connectivity index (χ0n) is 9.75. The van der Waals surface area contributed by atoms with E-state index in [0.717, 1.165) is 24.7 Å². The molecule has 1 heterocycles. The molecule has 1 aliphatic heterocycles. The van der Waals surface area contributed by atoms with Crippen LogP contribution >= 0.6 is 11.6 Å². The first-order chi connectivity index (χ1) is 7.79. The van der Waals surface area contributed by atoms with Crippen LogP contribution in [0.25, 0.3) is 0 Å². The molecule has 1 aliphatic rings. The molecular formula is C13H19ClN2. The number of likely N-dealkylation sites (tertiary alicyclic amines) is 1. The summed E-state index contributed by atoms with van der Waals surface area (Å²) in [4.78, 5) is 2.47. The maximum Gasteiger partial charge on any atom is 0.0451 e. The molecule has 2 nitrogen and oxygen atoms in total. The number of rotatable bonds is 4. The van der Waals surface area contributed by atoms with Crippen molar-refractivity contribution in [1.82, 2.24) is 10.2 Å². The third-order valence-corrected chi connectivity index (χ3v) is 3.49. The van der Waals surface area contributed by atoms with Crippen molar-refractivity contribution in [1.29, 1.82) is 0 Å². The molecule has 2 rings (SSSR count). The highest BCUT2D eigenvalue weighted by Gasteiger charge is 2.21. The molecule has 1 aromatic carbocycles. The predicted octanol–water partition coefficient (Wildman–Crippen LogP) is 2.52. The molecule has 1 saturated heterocycles. The Morgan fingerprint density at radius 2 is 2.25 bits per heavy atom. The normalized spacial score (nSPS) is 21.5. The van der Waals surface area contributed by atoms with Gasteiger partial charge in [-0.2, -0.15) is 0 Å². The summed E-state index contributed by atoms with van der Waals surface area (Å²) in [6.45, 7) is 6.50. The van der Waals surface area contributed by atoms with E-state index in [1.165, 1.54) is 18.5 Å². The van der Waals surface area contributed by atoms with Gasteiger partial charge in [-0.3, -0.25) is 4.90 Å². The number of hydrogen-bond donors (Lipinski definition) is 1. The molecule has 1 aromatic rings. The van der Waals surface area contributed by atoms with Crippen molar-refractivity contribution in [3.8, 4) is 0 Å². The molecule has 0 saturated carbocycles. The molecule has 1 atom stereocenters. The lowest BCUT2D eigenvalue weighted by Crippen LogP contribution is -2.32. The molecule has 0 radical (unpaired) electrons. The van der Waals surface area contributed by atoms with Crippen molar-refractivity contribution in [3.05, 3.63) is 34.9 Å². The van der Waals surface area contributed by atoms with Crippen LogP contribution in [0.5, 0.6) is 0 Å². The third-order valence-electron chi connectivity index (χ3n) is 3.12. The first-order valence-corrected chi connectivity index (χ1v) is 6.36. The Hall–Kier alpha value is -0.570. The highest BCUT2D eigenvalue weighted by molar-refractivity contribution is 6.31. The summed E-state index contributed by atoms with van der Waals surface area (Å²) in [6, 6.07) is 8.78. The molecule has 1 unspecified atom stereocenters. The third kappa shape index (κ3) is 2.97. The molecule has 0 amide bonds. The largest absolute Gasteiger partial charge is 0.313 e. The lowest BCUT2D eigenvalue weighted by atomic mass is 10.2. The summed E-state index contributed by atoms with van der Waals surface area (Å²) >= 11 is 6.16. The van der Waals surface area contributed by atoms with Crippen molar-refractivity contribution in [2.24, 2.45) is 0 Å². The van der Waals surface area contributed by atoms with Gasteiger partial charge in [0.1, 0.15) is 0 Å². The number of hydrogen-bond acceptors (Lipinski definition) is 2. The van der Waals surface area contributed by atoms with Crippen molar-refractivity contribution in [3.63, 3.8) is 0 Å². The summed E-state index contributed by atoms with van der Waals surface area (Å²) in [7, 11) is 0. The maximum atomic E-state index is 6.16. The highest BCUT2D eigenvalue weighted by atomic mass is 35.5. The first-order valence-electron chi connectivity index (χ1n) is 5.98. The molecule has 16 heavy (non-hydrogen) atoms. The van der Waals surface area contributed by atoms with E-state index in [0.29, 0.717) is 6.04 Å². The fourth-order valence-corrected chi connectivity index (χ4v) is 2.49. The summed E-state index contributed by atoms with van der Waals surface area (Å²) < 4.78 is 0. The standard InChI is InChI=1S/C13H19ClN2/c1-2-15-12-7-8-16(10-12)9-11-5-3-4-6-13(11)14/h3-6,12,15H,2,7-10H2,1H3. The van der Waals surface area contributed by atoms with Crippen LogP contribution in [0.4, 0.5) is 0 Å². The van der Waals surface area contributed by atoms with Gasteiger partial charge in [0.15, 0.2) is 0 Å². The Labute approximate surface area is 103 Å². The van der Waals surface area contributed by atoms with Gasteiger partial charge in [0, 0.05) is 30.7 Å². The van der Waals surface area contributed by atoms with E-state index in [9.17, 15) is 0 Å². The molecule has 0 aromatic heterocycles. The topological polar surface area (TPSA) is 15.3 Å².